The zero-order valence-corrected chi connectivity index (χ0v) is 9.56. The third-order valence-electron chi connectivity index (χ3n) is 1.92. The molecule has 0 fully saturated rings. The molecular weight excluding hydrogens is 250 g/mol. The predicted octanol–water partition coefficient (Wildman–Crippen LogP) is 2.24. The second-order valence-corrected chi connectivity index (χ2v) is 3.42. The van der Waals surface area contributed by atoms with Crippen molar-refractivity contribution in [2.45, 2.75) is 6.92 Å². The largest absolute Gasteiger partial charge is 0.462 e. The highest BCUT2D eigenvalue weighted by Crippen LogP contribution is 2.27. The molecular formula is C10H8ClNO5. The average molecular weight is 258 g/mol. The van der Waals surface area contributed by atoms with Crippen LogP contribution >= 0.6 is 11.6 Å². The molecule has 0 saturated heterocycles. The van der Waals surface area contributed by atoms with Gasteiger partial charge in [-0.25, -0.2) is 4.79 Å². The molecule has 0 radical (unpaired) electrons. The molecule has 7 heteroatoms. The third kappa shape index (κ3) is 2.79. The monoisotopic (exact) mass is 257 g/mol. The predicted molar refractivity (Wildman–Crippen MR) is 59.5 cm³/mol. The number of hydrogen-bond donors (Lipinski definition) is 0. The number of halogens is 1. The highest BCUT2D eigenvalue weighted by Gasteiger charge is 2.26. The first-order valence-electron chi connectivity index (χ1n) is 4.61. The number of nitrogens with zero attached hydrogens (tertiary/aromatic N) is 1. The van der Waals surface area contributed by atoms with Crippen molar-refractivity contribution >= 4 is 29.5 Å². The van der Waals surface area contributed by atoms with Crippen LogP contribution in [0, 0.1) is 10.1 Å². The van der Waals surface area contributed by atoms with Gasteiger partial charge in [-0.1, -0.05) is 11.6 Å². The van der Waals surface area contributed by atoms with Gasteiger partial charge in [0.15, 0.2) is 6.29 Å². The van der Waals surface area contributed by atoms with Crippen LogP contribution in [0.2, 0.25) is 5.02 Å². The van der Waals surface area contributed by atoms with Crippen molar-refractivity contribution in [3.8, 4) is 0 Å². The fourth-order valence-corrected chi connectivity index (χ4v) is 1.50. The average Bonchev–Trinajstić information content (AvgIpc) is 2.27. The van der Waals surface area contributed by atoms with Crippen molar-refractivity contribution < 1.29 is 19.2 Å². The minimum Gasteiger partial charge on any atom is -0.462 e. The first-order chi connectivity index (χ1) is 8.01. The minimum absolute atomic E-state index is 0.00634. The van der Waals surface area contributed by atoms with Crippen LogP contribution in [0.1, 0.15) is 27.6 Å². The van der Waals surface area contributed by atoms with E-state index in [2.05, 4.69) is 4.74 Å². The molecule has 0 N–H and O–H groups in total. The number of nitro benzene ring substituents is 1. The van der Waals surface area contributed by atoms with Gasteiger partial charge in [0.1, 0.15) is 5.56 Å². The van der Waals surface area contributed by atoms with E-state index in [0.29, 0.717) is 6.29 Å². The molecule has 0 spiro atoms. The van der Waals surface area contributed by atoms with E-state index in [1.165, 1.54) is 6.07 Å². The van der Waals surface area contributed by atoms with Crippen molar-refractivity contribution in [2.75, 3.05) is 6.61 Å². The van der Waals surface area contributed by atoms with Gasteiger partial charge in [0, 0.05) is 16.7 Å². The summed E-state index contributed by atoms with van der Waals surface area (Å²) in [4.78, 5) is 32.3. The molecule has 0 atom stereocenters. The lowest BCUT2D eigenvalue weighted by atomic mass is 10.1. The molecule has 0 bridgehead atoms. The Morgan fingerprint density at radius 2 is 2.24 bits per heavy atom. The van der Waals surface area contributed by atoms with E-state index in [1.807, 2.05) is 0 Å². The molecule has 0 heterocycles. The molecule has 0 aliphatic carbocycles. The smallest absolute Gasteiger partial charge is 0.345 e. The maximum atomic E-state index is 11.5. The lowest BCUT2D eigenvalue weighted by Crippen LogP contribution is -2.11. The number of rotatable bonds is 4. The maximum Gasteiger partial charge on any atom is 0.345 e. The molecule has 1 aromatic carbocycles. The van der Waals surface area contributed by atoms with Crippen molar-refractivity contribution in [1.82, 2.24) is 0 Å². The quantitative estimate of drug-likeness (QED) is 0.357. The molecule has 6 nitrogen and oxygen atoms in total. The van der Waals surface area contributed by atoms with Crippen molar-refractivity contribution in [1.29, 1.82) is 0 Å². The lowest BCUT2D eigenvalue weighted by molar-refractivity contribution is -0.385. The molecule has 90 valence electrons. The topological polar surface area (TPSA) is 86.5 Å². The Kier molecular flexibility index (Phi) is 4.17. The number of esters is 1. The van der Waals surface area contributed by atoms with Crippen LogP contribution < -0.4 is 0 Å². The Morgan fingerprint density at radius 1 is 1.59 bits per heavy atom. The van der Waals surface area contributed by atoms with Gasteiger partial charge in [-0.2, -0.15) is 0 Å². The molecule has 0 aromatic heterocycles. The Labute approximate surface area is 101 Å². The summed E-state index contributed by atoms with van der Waals surface area (Å²) in [7, 11) is 0. The summed E-state index contributed by atoms with van der Waals surface area (Å²) in [6.07, 6.45) is 0.325. The van der Waals surface area contributed by atoms with Crippen LogP contribution in [0.25, 0.3) is 0 Å². The number of aldehydes is 1. The van der Waals surface area contributed by atoms with Crippen LogP contribution in [0.4, 0.5) is 5.69 Å². The normalized spacial score (nSPS) is 9.76. The Balaban J connectivity index is 3.47. The van der Waals surface area contributed by atoms with Crippen LogP contribution in [0.5, 0.6) is 0 Å². The van der Waals surface area contributed by atoms with E-state index in [4.69, 9.17) is 11.6 Å². The minimum atomic E-state index is -0.919. The zero-order valence-electron chi connectivity index (χ0n) is 8.81. The number of carbonyl (C=O) groups is 2. The summed E-state index contributed by atoms with van der Waals surface area (Å²) in [5.74, 6) is -0.919. The van der Waals surface area contributed by atoms with Crippen molar-refractivity contribution in [3.05, 3.63) is 38.4 Å². The zero-order chi connectivity index (χ0) is 13.0. The summed E-state index contributed by atoms with van der Waals surface area (Å²) >= 11 is 5.61. The summed E-state index contributed by atoms with van der Waals surface area (Å²) < 4.78 is 4.66. The first kappa shape index (κ1) is 13.1. The van der Waals surface area contributed by atoms with Crippen LogP contribution in [0.15, 0.2) is 12.1 Å². The Hall–Kier alpha value is -1.95. The fraction of sp³-hybridized carbons (Fsp3) is 0.200. The van der Waals surface area contributed by atoms with Gasteiger partial charge in [0.25, 0.3) is 5.69 Å². The molecule has 1 rings (SSSR count). The second-order valence-electron chi connectivity index (χ2n) is 2.98. The van der Waals surface area contributed by atoms with Crippen molar-refractivity contribution in [3.63, 3.8) is 0 Å². The van der Waals surface area contributed by atoms with Gasteiger partial charge in [0.05, 0.1) is 11.5 Å². The summed E-state index contributed by atoms with van der Waals surface area (Å²) in [5, 5.41) is 10.8. The fourth-order valence-electron chi connectivity index (χ4n) is 1.28. The molecule has 0 amide bonds. The lowest BCUT2D eigenvalue weighted by Gasteiger charge is -2.05. The van der Waals surface area contributed by atoms with Gasteiger partial charge in [-0.05, 0) is 13.0 Å². The van der Waals surface area contributed by atoms with Crippen LogP contribution in [-0.4, -0.2) is 23.8 Å². The van der Waals surface area contributed by atoms with Gasteiger partial charge >= 0.3 is 5.97 Å². The highest BCUT2D eigenvalue weighted by atomic mass is 35.5. The molecule has 0 saturated carbocycles. The number of carbonyl (C=O) groups excluding carboxylic acids is 2. The second kappa shape index (κ2) is 5.40. The van der Waals surface area contributed by atoms with Crippen LogP contribution in [-0.2, 0) is 4.74 Å². The summed E-state index contributed by atoms with van der Waals surface area (Å²) in [6.45, 7) is 1.61. The van der Waals surface area contributed by atoms with E-state index < -0.39 is 16.6 Å². The molecule has 0 unspecified atom stereocenters. The van der Waals surface area contributed by atoms with Gasteiger partial charge in [-0.3, -0.25) is 14.9 Å². The number of hydrogen-bond acceptors (Lipinski definition) is 5. The van der Waals surface area contributed by atoms with Gasteiger partial charge in [0.2, 0.25) is 0 Å². The third-order valence-corrected chi connectivity index (χ3v) is 2.13. The first-order valence-corrected chi connectivity index (χ1v) is 4.99. The van der Waals surface area contributed by atoms with Gasteiger partial charge in [-0.15, -0.1) is 0 Å². The molecule has 1 aromatic rings. The maximum absolute atomic E-state index is 11.5. The number of nitro groups is 1. The Bertz CT molecular complexity index is 486. The van der Waals surface area contributed by atoms with E-state index in [1.54, 1.807) is 6.92 Å². The SMILES string of the molecule is CCOC(=O)c1c(C=O)cc(Cl)cc1[N+](=O)[O-]. The highest BCUT2D eigenvalue weighted by molar-refractivity contribution is 6.31. The molecule has 17 heavy (non-hydrogen) atoms. The van der Waals surface area contributed by atoms with E-state index in [0.717, 1.165) is 6.07 Å². The standard InChI is InChI=1S/C10H8ClNO5/c1-2-17-10(14)9-6(5-13)3-7(11)4-8(9)12(15)16/h3-5H,2H2,1H3. The number of ether oxygens (including phenoxy) is 1. The van der Waals surface area contributed by atoms with E-state index in [-0.39, 0.29) is 22.8 Å². The van der Waals surface area contributed by atoms with Crippen LogP contribution in [0.3, 0.4) is 0 Å². The molecule has 0 aliphatic rings. The number of benzene rings is 1. The van der Waals surface area contributed by atoms with Gasteiger partial charge < -0.3 is 4.74 Å². The Morgan fingerprint density at radius 3 is 2.71 bits per heavy atom. The van der Waals surface area contributed by atoms with E-state index in [9.17, 15) is 19.7 Å². The molecule has 0 aliphatic heterocycles. The van der Waals surface area contributed by atoms with E-state index >= 15 is 0 Å². The summed E-state index contributed by atoms with van der Waals surface area (Å²) in [6, 6.07) is 2.18. The van der Waals surface area contributed by atoms with Crippen molar-refractivity contribution in [2.24, 2.45) is 0 Å². The summed E-state index contributed by atoms with van der Waals surface area (Å²) in [5.41, 5.74) is -1.09.